The van der Waals surface area contributed by atoms with Crippen molar-refractivity contribution in [3.05, 3.63) is 76.9 Å². The van der Waals surface area contributed by atoms with Crippen LogP contribution in [0.25, 0.3) is 10.8 Å². The van der Waals surface area contributed by atoms with E-state index in [9.17, 15) is 14.4 Å². The zero-order chi connectivity index (χ0) is 22.9. The number of anilines is 1. The molecule has 1 saturated heterocycles. The van der Waals surface area contributed by atoms with Gasteiger partial charge in [-0.1, -0.05) is 30.3 Å². The summed E-state index contributed by atoms with van der Waals surface area (Å²) in [6, 6.07) is 16.4. The molecule has 2 aliphatic heterocycles. The second-order valence-electron chi connectivity index (χ2n) is 8.17. The summed E-state index contributed by atoms with van der Waals surface area (Å²) in [6.07, 6.45) is 0. The van der Waals surface area contributed by atoms with Crippen LogP contribution in [0, 0.1) is 6.92 Å². The highest BCUT2D eigenvalue weighted by Crippen LogP contribution is 2.36. The molecule has 1 fully saturated rings. The normalized spacial score (nSPS) is 15.8. The summed E-state index contributed by atoms with van der Waals surface area (Å²) < 4.78 is 10.8. The quantitative estimate of drug-likeness (QED) is 0.443. The molecule has 0 aromatic heterocycles. The Morgan fingerprint density at radius 2 is 1.67 bits per heavy atom. The van der Waals surface area contributed by atoms with Crippen LogP contribution in [0.3, 0.4) is 0 Å². The number of morpholine rings is 1. The predicted octanol–water partition coefficient (Wildman–Crippen LogP) is 3.44. The third-order valence-corrected chi connectivity index (χ3v) is 6.23. The molecular weight excluding hydrogens is 420 g/mol. The molecule has 0 N–H and O–H groups in total. The molecule has 3 aromatic rings. The van der Waals surface area contributed by atoms with Crippen molar-refractivity contribution in [2.24, 2.45) is 0 Å². The minimum atomic E-state index is -0.470. The highest BCUT2D eigenvalue weighted by molar-refractivity contribution is 6.26. The van der Waals surface area contributed by atoms with E-state index < -0.39 is 5.97 Å². The maximum Gasteiger partial charge on any atom is 0.338 e. The fourth-order valence-corrected chi connectivity index (χ4v) is 4.52. The zero-order valence-electron chi connectivity index (χ0n) is 18.4. The van der Waals surface area contributed by atoms with Gasteiger partial charge in [-0.05, 0) is 36.8 Å². The van der Waals surface area contributed by atoms with Gasteiger partial charge in [0.1, 0.15) is 6.61 Å². The highest BCUT2D eigenvalue weighted by Gasteiger charge is 2.33. The Morgan fingerprint density at radius 3 is 2.42 bits per heavy atom. The van der Waals surface area contributed by atoms with Gasteiger partial charge in [0.25, 0.3) is 11.8 Å². The molecule has 0 atom stereocenters. The van der Waals surface area contributed by atoms with E-state index in [1.165, 1.54) is 0 Å². The summed E-state index contributed by atoms with van der Waals surface area (Å²) in [5.41, 5.74) is 3.26. The van der Waals surface area contributed by atoms with Crippen LogP contribution >= 0.6 is 0 Å². The number of ether oxygens (including phenoxy) is 2. The largest absolute Gasteiger partial charge is 0.460 e. The molecule has 0 aliphatic carbocycles. The number of hydrogen-bond acceptors (Lipinski definition) is 6. The van der Waals surface area contributed by atoms with E-state index in [0.29, 0.717) is 35.3 Å². The standard InChI is InChI=1S/C26H24N2O5/c1-17-5-2-3-6-18(17)26(31)33-16-13-28-24(29)20-8-4-7-19-22(27-11-14-32-15-12-27)10-9-21(23(19)20)25(28)30/h2-10H,11-16H2,1H3. The summed E-state index contributed by atoms with van der Waals surface area (Å²) in [5, 5.41) is 1.57. The molecule has 0 spiro atoms. The van der Waals surface area contributed by atoms with E-state index in [2.05, 4.69) is 4.90 Å². The van der Waals surface area contributed by atoms with Gasteiger partial charge >= 0.3 is 5.97 Å². The zero-order valence-corrected chi connectivity index (χ0v) is 18.4. The van der Waals surface area contributed by atoms with Crippen LogP contribution in [0.15, 0.2) is 54.6 Å². The van der Waals surface area contributed by atoms with Crippen molar-refractivity contribution in [3.8, 4) is 0 Å². The van der Waals surface area contributed by atoms with Crippen molar-refractivity contribution in [2.75, 3.05) is 44.4 Å². The number of aryl methyl sites for hydroxylation is 1. The smallest absolute Gasteiger partial charge is 0.338 e. The molecule has 0 bridgehead atoms. The summed E-state index contributed by atoms with van der Waals surface area (Å²) in [6.45, 7) is 4.58. The number of benzene rings is 3. The molecule has 0 saturated carbocycles. The fraction of sp³-hybridized carbons (Fsp3) is 0.269. The first-order chi connectivity index (χ1) is 16.1. The van der Waals surface area contributed by atoms with Gasteiger partial charge in [-0.3, -0.25) is 14.5 Å². The lowest BCUT2D eigenvalue weighted by atomic mass is 9.92. The van der Waals surface area contributed by atoms with Crippen molar-refractivity contribution >= 4 is 34.2 Å². The molecule has 3 aromatic carbocycles. The minimum Gasteiger partial charge on any atom is -0.460 e. The number of carbonyl (C=O) groups is 3. The van der Waals surface area contributed by atoms with Gasteiger partial charge < -0.3 is 14.4 Å². The van der Waals surface area contributed by atoms with E-state index in [1.807, 2.05) is 37.3 Å². The molecular formula is C26H24N2O5. The molecule has 7 heteroatoms. The van der Waals surface area contributed by atoms with E-state index in [4.69, 9.17) is 9.47 Å². The van der Waals surface area contributed by atoms with Gasteiger partial charge in [-0.2, -0.15) is 0 Å². The van der Waals surface area contributed by atoms with Crippen LogP contribution in [-0.2, 0) is 9.47 Å². The lowest BCUT2D eigenvalue weighted by Crippen LogP contribution is -2.42. The lowest BCUT2D eigenvalue weighted by Gasteiger charge is -2.32. The maximum absolute atomic E-state index is 13.2. The van der Waals surface area contributed by atoms with Crippen LogP contribution in [0.2, 0.25) is 0 Å². The van der Waals surface area contributed by atoms with Crippen LogP contribution < -0.4 is 4.90 Å². The van der Waals surface area contributed by atoms with Gasteiger partial charge in [-0.25, -0.2) is 4.79 Å². The second kappa shape index (κ2) is 8.67. The number of hydrogen-bond donors (Lipinski definition) is 0. The van der Waals surface area contributed by atoms with Gasteiger partial charge in [0, 0.05) is 40.7 Å². The third-order valence-electron chi connectivity index (χ3n) is 6.23. The van der Waals surface area contributed by atoms with Gasteiger partial charge in [-0.15, -0.1) is 0 Å². The Kier molecular flexibility index (Phi) is 5.56. The van der Waals surface area contributed by atoms with Gasteiger partial charge in [0.15, 0.2) is 0 Å². The summed E-state index contributed by atoms with van der Waals surface area (Å²) in [4.78, 5) is 42.2. The molecule has 7 nitrogen and oxygen atoms in total. The molecule has 5 rings (SSSR count). The van der Waals surface area contributed by atoms with E-state index in [-0.39, 0.29) is 25.0 Å². The minimum absolute atomic E-state index is 0.00364. The van der Waals surface area contributed by atoms with Crippen LogP contribution in [0.4, 0.5) is 5.69 Å². The van der Waals surface area contributed by atoms with Crippen LogP contribution in [0.1, 0.15) is 36.6 Å². The van der Waals surface area contributed by atoms with Crippen molar-refractivity contribution in [1.29, 1.82) is 0 Å². The first-order valence-electron chi connectivity index (χ1n) is 11.0. The molecule has 2 amide bonds. The topological polar surface area (TPSA) is 76.2 Å². The highest BCUT2D eigenvalue weighted by atomic mass is 16.5. The van der Waals surface area contributed by atoms with Crippen molar-refractivity contribution < 1.29 is 23.9 Å². The number of nitrogens with zero attached hydrogens (tertiary/aromatic N) is 2. The van der Waals surface area contributed by atoms with Crippen molar-refractivity contribution in [3.63, 3.8) is 0 Å². The first-order valence-corrected chi connectivity index (χ1v) is 11.0. The average Bonchev–Trinajstić information content (AvgIpc) is 2.85. The van der Waals surface area contributed by atoms with E-state index in [0.717, 1.165) is 34.6 Å². The molecule has 168 valence electrons. The molecule has 33 heavy (non-hydrogen) atoms. The first kappa shape index (κ1) is 21.2. The van der Waals surface area contributed by atoms with Crippen LogP contribution in [-0.4, -0.2) is 62.1 Å². The predicted molar refractivity (Wildman–Crippen MR) is 124 cm³/mol. The Morgan fingerprint density at radius 1 is 0.939 bits per heavy atom. The Balaban J connectivity index is 1.38. The maximum atomic E-state index is 13.2. The van der Waals surface area contributed by atoms with Gasteiger partial charge in [0.2, 0.25) is 0 Å². The average molecular weight is 444 g/mol. The summed E-state index contributed by atoms with van der Waals surface area (Å²) >= 11 is 0. The summed E-state index contributed by atoms with van der Waals surface area (Å²) in [5.74, 6) is -1.21. The molecule has 2 heterocycles. The summed E-state index contributed by atoms with van der Waals surface area (Å²) in [7, 11) is 0. The van der Waals surface area contributed by atoms with Crippen molar-refractivity contribution in [2.45, 2.75) is 6.92 Å². The Hall–Kier alpha value is -3.71. The third kappa shape index (κ3) is 3.74. The molecule has 0 radical (unpaired) electrons. The number of rotatable bonds is 5. The fourth-order valence-electron chi connectivity index (χ4n) is 4.52. The number of esters is 1. The monoisotopic (exact) mass is 444 g/mol. The number of carbonyl (C=O) groups excluding carboxylic acids is 3. The van der Waals surface area contributed by atoms with E-state index >= 15 is 0 Å². The lowest BCUT2D eigenvalue weighted by molar-refractivity contribution is 0.0404. The molecule has 2 aliphatic rings. The Labute approximate surface area is 191 Å². The van der Waals surface area contributed by atoms with Gasteiger partial charge in [0.05, 0.1) is 25.3 Å². The van der Waals surface area contributed by atoms with Crippen molar-refractivity contribution in [1.82, 2.24) is 4.90 Å². The Bertz CT molecular complexity index is 1240. The van der Waals surface area contributed by atoms with Crippen LogP contribution in [0.5, 0.6) is 0 Å². The van der Waals surface area contributed by atoms with E-state index in [1.54, 1.807) is 24.3 Å². The molecule has 0 unspecified atom stereocenters. The second-order valence-corrected chi connectivity index (χ2v) is 8.17. The SMILES string of the molecule is Cc1ccccc1C(=O)OCCN1C(=O)c2cccc3c(N4CCOCC4)ccc(c23)C1=O. The number of imide groups is 1. The number of amides is 2.